The second-order valence-corrected chi connectivity index (χ2v) is 8.71. The summed E-state index contributed by atoms with van der Waals surface area (Å²) in [7, 11) is 0. The average Bonchev–Trinajstić information content (AvgIpc) is 2.91. The van der Waals surface area contributed by atoms with Crippen LogP contribution in [-0.4, -0.2) is 52.7 Å². The van der Waals surface area contributed by atoms with Crippen LogP contribution in [0.5, 0.6) is 0 Å². The maximum Gasteiger partial charge on any atom is 0.490 e. The zero-order chi connectivity index (χ0) is 29.7. The van der Waals surface area contributed by atoms with Gasteiger partial charge in [0.15, 0.2) is 0 Å². The number of nitrogens with zero attached hydrogens (tertiary/aromatic N) is 1. The number of nitrogens with one attached hydrogen (secondary N) is 1. The first-order chi connectivity index (χ1) is 18.9. The number of carbonyl (C=O) groups excluding carboxylic acids is 1. The first kappa shape index (κ1) is 31.5. The number of hydrogen-bond donors (Lipinski definition) is 4. The zero-order valence-electron chi connectivity index (χ0n) is 21.6. The van der Waals surface area contributed by atoms with Gasteiger partial charge in [-0.1, -0.05) is 72.8 Å². The van der Waals surface area contributed by atoms with Gasteiger partial charge < -0.3 is 21.3 Å². The summed E-state index contributed by atoms with van der Waals surface area (Å²) in [6, 6.07) is 26.6. The van der Waals surface area contributed by atoms with E-state index in [9.17, 15) is 27.9 Å². The van der Waals surface area contributed by atoms with E-state index >= 15 is 0 Å². The van der Waals surface area contributed by atoms with E-state index in [1.807, 2.05) is 54.6 Å². The number of carboxylic acids is 2. The van der Waals surface area contributed by atoms with Crippen LogP contribution in [0.1, 0.15) is 52.7 Å². The van der Waals surface area contributed by atoms with Crippen molar-refractivity contribution in [3.63, 3.8) is 0 Å². The highest BCUT2D eigenvalue weighted by Gasteiger charge is 2.38. The maximum atomic E-state index is 12.9. The van der Waals surface area contributed by atoms with Crippen LogP contribution < -0.4 is 11.1 Å². The van der Waals surface area contributed by atoms with Crippen molar-refractivity contribution >= 4 is 23.7 Å². The van der Waals surface area contributed by atoms with Crippen molar-refractivity contribution in [1.82, 2.24) is 5.32 Å². The molecule has 3 aromatic rings. The summed E-state index contributed by atoms with van der Waals surface area (Å²) in [6.45, 7) is 2.11. The van der Waals surface area contributed by atoms with Gasteiger partial charge in [-0.3, -0.25) is 9.79 Å². The first-order valence-corrected chi connectivity index (χ1v) is 12.2. The second-order valence-electron chi connectivity index (χ2n) is 8.71. The van der Waals surface area contributed by atoms with Crippen molar-refractivity contribution in [2.75, 3.05) is 6.54 Å². The SMILES string of the molecule is CC(N)=NCCC[C@H](NC(=O)c1cccc(C(c2ccccc2)c2ccccc2)c1)C(=O)O.O=C(O)C(F)(F)F. The molecule has 0 saturated heterocycles. The van der Waals surface area contributed by atoms with Gasteiger partial charge in [0, 0.05) is 18.0 Å². The summed E-state index contributed by atoms with van der Waals surface area (Å²) < 4.78 is 31.7. The van der Waals surface area contributed by atoms with Crippen molar-refractivity contribution in [3.05, 3.63) is 107 Å². The summed E-state index contributed by atoms with van der Waals surface area (Å²) in [5.74, 6) is -3.84. The minimum absolute atomic E-state index is 0.0483. The topological polar surface area (TPSA) is 142 Å². The minimum atomic E-state index is -5.08. The molecule has 0 aliphatic heterocycles. The van der Waals surface area contributed by atoms with E-state index in [4.69, 9.17) is 15.6 Å². The van der Waals surface area contributed by atoms with Crippen LogP contribution in [0, 0.1) is 0 Å². The van der Waals surface area contributed by atoms with Crippen molar-refractivity contribution in [1.29, 1.82) is 0 Å². The third-order valence-electron chi connectivity index (χ3n) is 5.61. The Bertz CT molecular complexity index is 1260. The average molecular weight is 558 g/mol. The molecule has 0 saturated carbocycles. The molecule has 5 N–H and O–H groups in total. The van der Waals surface area contributed by atoms with Crippen LogP contribution in [0.15, 0.2) is 89.9 Å². The fourth-order valence-corrected chi connectivity index (χ4v) is 3.78. The van der Waals surface area contributed by atoms with E-state index in [0.717, 1.165) is 16.7 Å². The van der Waals surface area contributed by atoms with Gasteiger partial charge in [-0.2, -0.15) is 13.2 Å². The molecule has 3 rings (SSSR count). The fraction of sp³-hybridized carbons (Fsp3) is 0.241. The number of amidine groups is 1. The summed E-state index contributed by atoms with van der Waals surface area (Å²) in [4.78, 5) is 37.6. The third-order valence-corrected chi connectivity index (χ3v) is 5.61. The molecule has 1 amide bonds. The molecular formula is C29H30F3N3O5. The Balaban J connectivity index is 0.000000708. The van der Waals surface area contributed by atoms with E-state index in [0.29, 0.717) is 24.4 Å². The van der Waals surface area contributed by atoms with Gasteiger partial charge in [-0.25, -0.2) is 9.59 Å². The number of nitrogens with two attached hydrogens (primary N) is 1. The molecule has 0 spiro atoms. The number of carboxylic acid groups (broad SMARTS) is 2. The van der Waals surface area contributed by atoms with Crippen LogP contribution in [-0.2, 0) is 9.59 Å². The molecule has 0 aliphatic rings. The molecule has 40 heavy (non-hydrogen) atoms. The van der Waals surface area contributed by atoms with Gasteiger partial charge in [0.25, 0.3) is 5.91 Å². The standard InChI is InChI=1S/C27H29N3O3.C2HF3O2/c1-19(28)29-17-9-16-24(27(32)33)30-26(31)23-15-8-14-22(18-23)25(20-10-4-2-5-11-20)21-12-6-3-7-13-21;3-2(4,5)1(6)7/h2-8,10-15,18,24-25H,9,16-17H2,1H3,(H2,28,29)(H,30,31)(H,32,33);(H,6,7)/t24-;/m0./s1. The number of aliphatic imine (C=N–C) groups is 1. The van der Waals surface area contributed by atoms with Gasteiger partial charge in [0.05, 0.1) is 5.84 Å². The summed E-state index contributed by atoms with van der Waals surface area (Å²) in [5, 5.41) is 19.3. The largest absolute Gasteiger partial charge is 0.490 e. The Morgan fingerprint density at radius 1 is 0.875 bits per heavy atom. The Labute approximate surface area is 229 Å². The highest BCUT2D eigenvalue weighted by atomic mass is 19.4. The number of hydrogen-bond acceptors (Lipinski definition) is 4. The van der Waals surface area contributed by atoms with Crippen molar-refractivity contribution < 1.29 is 37.8 Å². The predicted octanol–water partition coefficient (Wildman–Crippen LogP) is 4.84. The highest BCUT2D eigenvalue weighted by Crippen LogP contribution is 2.32. The molecule has 212 valence electrons. The van der Waals surface area contributed by atoms with Gasteiger partial charge in [-0.15, -0.1) is 0 Å². The molecule has 0 fully saturated rings. The van der Waals surface area contributed by atoms with Gasteiger partial charge in [0.2, 0.25) is 0 Å². The highest BCUT2D eigenvalue weighted by molar-refractivity contribution is 5.96. The molecule has 0 aromatic heterocycles. The van der Waals surface area contributed by atoms with Gasteiger partial charge >= 0.3 is 18.1 Å². The van der Waals surface area contributed by atoms with E-state index in [2.05, 4.69) is 34.6 Å². The summed E-state index contributed by atoms with van der Waals surface area (Å²) >= 11 is 0. The first-order valence-electron chi connectivity index (χ1n) is 12.2. The predicted molar refractivity (Wildman–Crippen MR) is 144 cm³/mol. The lowest BCUT2D eigenvalue weighted by Crippen LogP contribution is -2.40. The molecule has 0 heterocycles. The second kappa shape index (κ2) is 15.1. The molecule has 0 bridgehead atoms. The van der Waals surface area contributed by atoms with Crippen LogP contribution in [0.25, 0.3) is 0 Å². The van der Waals surface area contributed by atoms with Gasteiger partial charge in [-0.05, 0) is 48.6 Å². The summed E-state index contributed by atoms with van der Waals surface area (Å²) in [6.07, 6.45) is -4.30. The molecule has 1 atom stereocenters. The van der Waals surface area contributed by atoms with Crippen molar-refractivity contribution in [2.24, 2.45) is 10.7 Å². The van der Waals surface area contributed by atoms with Crippen LogP contribution in [0.2, 0.25) is 0 Å². The Morgan fingerprint density at radius 3 is 1.82 bits per heavy atom. The van der Waals surface area contributed by atoms with Crippen molar-refractivity contribution in [2.45, 2.75) is 37.9 Å². The van der Waals surface area contributed by atoms with E-state index in [1.54, 1.807) is 13.0 Å². The molecule has 11 heteroatoms. The Hall–Kier alpha value is -4.67. The third kappa shape index (κ3) is 10.2. The number of benzene rings is 3. The molecule has 8 nitrogen and oxygen atoms in total. The normalized spacial score (nSPS) is 12.2. The molecular weight excluding hydrogens is 527 g/mol. The fourth-order valence-electron chi connectivity index (χ4n) is 3.78. The number of carbonyl (C=O) groups is 3. The van der Waals surface area contributed by atoms with E-state index < -0.39 is 30.1 Å². The number of aliphatic carboxylic acids is 2. The molecule has 3 aromatic carbocycles. The smallest absolute Gasteiger partial charge is 0.480 e. The quantitative estimate of drug-likeness (QED) is 0.122. The molecule has 0 aliphatic carbocycles. The molecule has 0 radical (unpaired) electrons. The van der Waals surface area contributed by atoms with Crippen LogP contribution in [0.3, 0.4) is 0 Å². The Morgan fingerprint density at radius 2 is 1.38 bits per heavy atom. The van der Waals surface area contributed by atoms with E-state index in [-0.39, 0.29) is 12.3 Å². The van der Waals surface area contributed by atoms with Crippen molar-refractivity contribution in [3.8, 4) is 0 Å². The minimum Gasteiger partial charge on any atom is -0.480 e. The number of amides is 1. The van der Waals surface area contributed by atoms with Crippen LogP contribution >= 0.6 is 0 Å². The lowest BCUT2D eigenvalue weighted by Gasteiger charge is -2.20. The lowest BCUT2D eigenvalue weighted by molar-refractivity contribution is -0.192. The Kier molecular flexibility index (Phi) is 11.9. The maximum absolute atomic E-state index is 12.9. The lowest BCUT2D eigenvalue weighted by atomic mass is 9.84. The van der Waals surface area contributed by atoms with E-state index in [1.165, 1.54) is 0 Å². The van der Waals surface area contributed by atoms with Crippen LogP contribution in [0.4, 0.5) is 13.2 Å². The zero-order valence-corrected chi connectivity index (χ0v) is 21.6. The monoisotopic (exact) mass is 557 g/mol. The van der Waals surface area contributed by atoms with Gasteiger partial charge in [0.1, 0.15) is 6.04 Å². The summed E-state index contributed by atoms with van der Waals surface area (Å²) in [5.41, 5.74) is 9.12. The molecule has 0 unspecified atom stereocenters. The number of halogens is 3. The number of alkyl halides is 3. The number of rotatable bonds is 10.